The first-order valence-corrected chi connectivity index (χ1v) is 4.75. The quantitative estimate of drug-likeness (QED) is 0.757. The molecule has 1 rings (SSSR count). The summed E-state index contributed by atoms with van der Waals surface area (Å²) in [4.78, 5) is 0. The number of nitrogens with two attached hydrogens (primary N) is 1. The smallest absolute Gasteiger partial charge is 0.129 e. The SMILES string of the molecule is COCc1cccc(C(N)CO)c1OC. The van der Waals surface area contributed by atoms with Crippen LogP contribution in [0.1, 0.15) is 17.2 Å². The minimum Gasteiger partial charge on any atom is -0.496 e. The predicted octanol–water partition coefficient (Wildman–Crippen LogP) is 0.834. The zero-order valence-corrected chi connectivity index (χ0v) is 9.06. The first kappa shape index (κ1) is 12.0. The van der Waals surface area contributed by atoms with E-state index in [1.54, 1.807) is 14.2 Å². The Morgan fingerprint density at radius 2 is 2.13 bits per heavy atom. The second-order valence-corrected chi connectivity index (χ2v) is 3.26. The molecular weight excluding hydrogens is 194 g/mol. The highest BCUT2D eigenvalue weighted by atomic mass is 16.5. The standard InChI is InChI=1S/C11H17NO3/c1-14-7-8-4-3-5-9(10(12)6-13)11(8)15-2/h3-5,10,13H,6-7,12H2,1-2H3. The van der Waals surface area contributed by atoms with Crippen molar-refractivity contribution in [3.63, 3.8) is 0 Å². The van der Waals surface area contributed by atoms with E-state index < -0.39 is 6.04 Å². The van der Waals surface area contributed by atoms with Gasteiger partial charge in [0.25, 0.3) is 0 Å². The van der Waals surface area contributed by atoms with Crippen molar-refractivity contribution in [3.05, 3.63) is 29.3 Å². The number of rotatable bonds is 5. The van der Waals surface area contributed by atoms with E-state index in [9.17, 15) is 0 Å². The predicted molar refractivity (Wildman–Crippen MR) is 57.7 cm³/mol. The fourth-order valence-electron chi connectivity index (χ4n) is 1.51. The molecule has 0 spiro atoms. The molecule has 3 N–H and O–H groups in total. The molecule has 1 aromatic carbocycles. The normalized spacial score (nSPS) is 12.5. The van der Waals surface area contributed by atoms with E-state index >= 15 is 0 Å². The van der Waals surface area contributed by atoms with Crippen LogP contribution >= 0.6 is 0 Å². The monoisotopic (exact) mass is 211 g/mol. The Balaban J connectivity index is 3.09. The minimum absolute atomic E-state index is 0.104. The van der Waals surface area contributed by atoms with Crippen LogP contribution < -0.4 is 10.5 Å². The number of benzene rings is 1. The van der Waals surface area contributed by atoms with Gasteiger partial charge in [0.05, 0.1) is 26.4 Å². The average molecular weight is 211 g/mol. The van der Waals surface area contributed by atoms with E-state index in [1.807, 2.05) is 18.2 Å². The van der Waals surface area contributed by atoms with E-state index in [1.165, 1.54) is 0 Å². The Kier molecular flexibility index (Phi) is 4.55. The maximum Gasteiger partial charge on any atom is 0.129 e. The minimum atomic E-state index is -0.420. The molecule has 1 aromatic rings. The molecule has 1 atom stereocenters. The van der Waals surface area contributed by atoms with Crippen molar-refractivity contribution in [2.45, 2.75) is 12.6 Å². The van der Waals surface area contributed by atoms with Crippen molar-refractivity contribution in [2.24, 2.45) is 5.73 Å². The summed E-state index contributed by atoms with van der Waals surface area (Å²) in [6.07, 6.45) is 0. The molecule has 1 unspecified atom stereocenters. The molecular formula is C11H17NO3. The molecule has 0 amide bonds. The van der Waals surface area contributed by atoms with Crippen molar-refractivity contribution in [1.82, 2.24) is 0 Å². The molecule has 0 radical (unpaired) electrons. The van der Waals surface area contributed by atoms with E-state index in [-0.39, 0.29) is 6.61 Å². The third kappa shape index (κ3) is 2.68. The molecule has 4 heteroatoms. The Morgan fingerprint density at radius 3 is 2.67 bits per heavy atom. The van der Waals surface area contributed by atoms with Gasteiger partial charge in [-0.1, -0.05) is 18.2 Å². The van der Waals surface area contributed by atoms with E-state index in [2.05, 4.69) is 0 Å². The van der Waals surface area contributed by atoms with Gasteiger partial charge in [0.1, 0.15) is 5.75 Å². The highest BCUT2D eigenvalue weighted by Gasteiger charge is 2.13. The fraction of sp³-hybridized carbons (Fsp3) is 0.455. The summed E-state index contributed by atoms with van der Waals surface area (Å²) < 4.78 is 10.3. The molecule has 0 aromatic heterocycles. The van der Waals surface area contributed by atoms with Crippen molar-refractivity contribution >= 4 is 0 Å². The molecule has 4 nitrogen and oxygen atoms in total. The largest absolute Gasteiger partial charge is 0.496 e. The van der Waals surface area contributed by atoms with Crippen molar-refractivity contribution in [1.29, 1.82) is 0 Å². The summed E-state index contributed by atoms with van der Waals surface area (Å²) in [5.74, 6) is 0.695. The van der Waals surface area contributed by atoms with Gasteiger partial charge in [-0.15, -0.1) is 0 Å². The van der Waals surface area contributed by atoms with Crippen molar-refractivity contribution in [3.8, 4) is 5.75 Å². The van der Waals surface area contributed by atoms with Gasteiger partial charge < -0.3 is 20.3 Å². The van der Waals surface area contributed by atoms with Crippen molar-refractivity contribution in [2.75, 3.05) is 20.8 Å². The van der Waals surface area contributed by atoms with Crippen LogP contribution in [0.4, 0.5) is 0 Å². The number of aliphatic hydroxyl groups excluding tert-OH is 1. The van der Waals surface area contributed by atoms with Gasteiger partial charge in [0.2, 0.25) is 0 Å². The molecule has 0 bridgehead atoms. The molecule has 0 aliphatic heterocycles. The van der Waals surface area contributed by atoms with Gasteiger partial charge in [0, 0.05) is 18.2 Å². The Morgan fingerprint density at radius 1 is 1.40 bits per heavy atom. The van der Waals surface area contributed by atoms with Crippen LogP contribution in [0.2, 0.25) is 0 Å². The topological polar surface area (TPSA) is 64.7 Å². The van der Waals surface area contributed by atoms with Gasteiger partial charge in [-0.25, -0.2) is 0 Å². The van der Waals surface area contributed by atoms with Crippen LogP contribution in [0.5, 0.6) is 5.75 Å². The number of para-hydroxylation sites is 1. The first-order chi connectivity index (χ1) is 7.24. The zero-order chi connectivity index (χ0) is 11.3. The summed E-state index contributed by atoms with van der Waals surface area (Å²) >= 11 is 0. The van der Waals surface area contributed by atoms with Crippen LogP contribution in [0.25, 0.3) is 0 Å². The van der Waals surface area contributed by atoms with Crippen LogP contribution in [-0.4, -0.2) is 25.9 Å². The molecule has 0 heterocycles. The van der Waals surface area contributed by atoms with Gasteiger partial charge in [-0.2, -0.15) is 0 Å². The number of aliphatic hydroxyl groups is 1. The van der Waals surface area contributed by atoms with Crippen LogP contribution in [0, 0.1) is 0 Å². The molecule has 0 fully saturated rings. The summed E-state index contributed by atoms with van der Waals surface area (Å²) in [6, 6.07) is 5.22. The Bertz CT molecular complexity index is 315. The van der Waals surface area contributed by atoms with Crippen molar-refractivity contribution < 1.29 is 14.6 Å². The molecule has 84 valence electrons. The zero-order valence-electron chi connectivity index (χ0n) is 9.06. The lowest BCUT2D eigenvalue weighted by molar-refractivity contribution is 0.181. The molecule has 0 saturated heterocycles. The number of methoxy groups -OCH3 is 2. The molecule has 0 aliphatic rings. The maximum atomic E-state index is 9.02. The maximum absolute atomic E-state index is 9.02. The second-order valence-electron chi connectivity index (χ2n) is 3.26. The average Bonchev–Trinajstić information content (AvgIpc) is 2.28. The number of ether oxygens (including phenoxy) is 2. The molecule has 0 saturated carbocycles. The lowest BCUT2D eigenvalue weighted by atomic mass is 10.0. The first-order valence-electron chi connectivity index (χ1n) is 4.75. The summed E-state index contributed by atoms with van der Waals surface area (Å²) in [5, 5.41) is 9.02. The summed E-state index contributed by atoms with van der Waals surface area (Å²) in [5.41, 5.74) is 7.50. The molecule has 15 heavy (non-hydrogen) atoms. The molecule has 0 aliphatic carbocycles. The van der Waals surface area contributed by atoms with E-state index in [0.717, 1.165) is 11.1 Å². The summed E-state index contributed by atoms with van der Waals surface area (Å²) in [7, 11) is 3.21. The summed E-state index contributed by atoms with van der Waals surface area (Å²) in [6.45, 7) is 0.363. The van der Waals surface area contributed by atoms with E-state index in [4.69, 9.17) is 20.3 Å². The van der Waals surface area contributed by atoms with Crippen LogP contribution in [-0.2, 0) is 11.3 Å². The number of hydrogen-bond donors (Lipinski definition) is 2. The Labute approximate surface area is 89.6 Å². The van der Waals surface area contributed by atoms with Gasteiger partial charge in [-0.3, -0.25) is 0 Å². The third-order valence-corrected chi connectivity index (χ3v) is 2.23. The van der Waals surface area contributed by atoms with Gasteiger partial charge >= 0.3 is 0 Å². The second kappa shape index (κ2) is 5.70. The number of hydrogen-bond acceptors (Lipinski definition) is 4. The Hall–Kier alpha value is -1.10. The highest BCUT2D eigenvalue weighted by molar-refractivity contribution is 5.43. The van der Waals surface area contributed by atoms with Crippen LogP contribution in [0.15, 0.2) is 18.2 Å². The van der Waals surface area contributed by atoms with Crippen LogP contribution in [0.3, 0.4) is 0 Å². The fourth-order valence-corrected chi connectivity index (χ4v) is 1.51. The van der Waals surface area contributed by atoms with E-state index in [0.29, 0.717) is 12.4 Å². The van der Waals surface area contributed by atoms with Gasteiger partial charge in [-0.05, 0) is 0 Å². The third-order valence-electron chi connectivity index (χ3n) is 2.23. The lowest BCUT2D eigenvalue weighted by Crippen LogP contribution is -2.16. The highest BCUT2D eigenvalue weighted by Crippen LogP contribution is 2.28. The van der Waals surface area contributed by atoms with Gasteiger partial charge in [0.15, 0.2) is 0 Å². The lowest BCUT2D eigenvalue weighted by Gasteiger charge is -2.16.